The van der Waals surface area contributed by atoms with E-state index >= 15 is 0 Å². The molecule has 0 aromatic rings. The van der Waals surface area contributed by atoms with Crippen molar-refractivity contribution < 1.29 is 18.4 Å². The van der Waals surface area contributed by atoms with Crippen molar-refractivity contribution in [3.05, 3.63) is 5.82 Å². The minimum Gasteiger partial charge on any atom is -0.299 e. The first-order valence-electron chi connectivity index (χ1n) is 3.26. The summed E-state index contributed by atoms with van der Waals surface area (Å²) in [5.41, 5.74) is 0. The molecule has 0 radical (unpaired) electrons. The second-order valence-electron chi connectivity index (χ2n) is 2.41. The first kappa shape index (κ1) is 8.69. The number of carbonyl (C=O) groups excluding carboxylic acids is 1. The van der Waals surface area contributed by atoms with Crippen LogP contribution in [0.3, 0.4) is 0 Å². The summed E-state index contributed by atoms with van der Waals surface area (Å²) >= 11 is 0. The van der Waals surface area contributed by atoms with Crippen molar-refractivity contribution in [1.29, 1.82) is 0 Å². The topological polar surface area (TPSA) is 52.6 Å². The van der Waals surface area contributed by atoms with Crippen LogP contribution in [-0.2, 0) is 18.4 Å². The van der Waals surface area contributed by atoms with Crippen molar-refractivity contribution in [2.75, 3.05) is 0 Å². The molecule has 2 unspecified atom stereocenters. The Hall–Kier alpha value is -0.400. The maximum Gasteiger partial charge on any atom is 0.365 e. The Morgan fingerprint density at radius 1 is 1.36 bits per heavy atom. The molecule has 0 aromatic heterocycles. The van der Waals surface area contributed by atoms with Crippen LogP contribution >= 0.6 is 7.60 Å². The SMILES string of the molecule is CC1OP(=O)(C=C=O)OC1C. The smallest absolute Gasteiger partial charge is 0.299 e. The molecule has 11 heavy (non-hydrogen) atoms. The van der Waals surface area contributed by atoms with Gasteiger partial charge in [-0.15, -0.1) is 0 Å². The van der Waals surface area contributed by atoms with E-state index in [2.05, 4.69) is 0 Å². The van der Waals surface area contributed by atoms with Crippen LogP contribution in [0, 0.1) is 0 Å². The Morgan fingerprint density at radius 3 is 2.18 bits per heavy atom. The highest BCUT2D eigenvalue weighted by atomic mass is 31.2. The molecule has 0 saturated carbocycles. The largest absolute Gasteiger partial charge is 0.365 e. The third-order valence-electron chi connectivity index (χ3n) is 1.50. The Labute approximate surface area is 64.7 Å². The first-order valence-corrected chi connectivity index (χ1v) is 4.87. The van der Waals surface area contributed by atoms with Gasteiger partial charge in [0, 0.05) is 0 Å². The van der Waals surface area contributed by atoms with Crippen molar-refractivity contribution >= 4 is 13.5 Å². The van der Waals surface area contributed by atoms with E-state index < -0.39 is 7.60 Å². The molecule has 62 valence electrons. The highest BCUT2D eigenvalue weighted by molar-refractivity contribution is 7.57. The Morgan fingerprint density at radius 2 is 1.82 bits per heavy atom. The fraction of sp³-hybridized carbons (Fsp3) is 0.667. The summed E-state index contributed by atoms with van der Waals surface area (Å²) < 4.78 is 21.1. The van der Waals surface area contributed by atoms with Crippen molar-refractivity contribution in [3.63, 3.8) is 0 Å². The predicted octanol–water partition coefficient (Wildman–Crippen LogP) is 1.35. The molecule has 0 N–H and O–H groups in total. The van der Waals surface area contributed by atoms with Crippen LogP contribution in [0.2, 0.25) is 0 Å². The molecular weight excluding hydrogens is 167 g/mol. The van der Waals surface area contributed by atoms with E-state index in [1.54, 1.807) is 13.8 Å². The van der Waals surface area contributed by atoms with E-state index in [1.165, 1.54) is 5.94 Å². The van der Waals surface area contributed by atoms with Crippen LogP contribution in [0.25, 0.3) is 0 Å². The van der Waals surface area contributed by atoms with Gasteiger partial charge in [0.1, 0.15) is 11.8 Å². The van der Waals surface area contributed by atoms with Crippen molar-refractivity contribution in [1.82, 2.24) is 0 Å². The predicted molar refractivity (Wildman–Crippen MR) is 39.0 cm³/mol. The monoisotopic (exact) mass is 176 g/mol. The van der Waals surface area contributed by atoms with Gasteiger partial charge < -0.3 is 0 Å². The fourth-order valence-corrected chi connectivity index (χ4v) is 2.36. The van der Waals surface area contributed by atoms with Gasteiger partial charge in [0.25, 0.3) is 0 Å². The van der Waals surface area contributed by atoms with Gasteiger partial charge in [-0.3, -0.25) is 13.6 Å². The van der Waals surface area contributed by atoms with Crippen LogP contribution in [0.5, 0.6) is 0 Å². The Bertz CT molecular complexity index is 229. The van der Waals surface area contributed by atoms with E-state index in [4.69, 9.17) is 9.05 Å². The van der Waals surface area contributed by atoms with Gasteiger partial charge in [-0.25, -0.2) is 4.79 Å². The third kappa shape index (κ3) is 1.79. The van der Waals surface area contributed by atoms with E-state index in [0.717, 1.165) is 5.82 Å². The maximum absolute atomic E-state index is 11.3. The third-order valence-corrected chi connectivity index (χ3v) is 3.17. The maximum atomic E-state index is 11.3. The number of rotatable bonds is 1. The van der Waals surface area contributed by atoms with Gasteiger partial charge in [0.05, 0.1) is 12.2 Å². The highest BCUT2D eigenvalue weighted by Crippen LogP contribution is 2.56. The highest BCUT2D eigenvalue weighted by Gasteiger charge is 2.38. The second kappa shape index (κ2) is 2.92. The lowest BCUT2D eigenvalue weighted by Gasteiger charge is -2.00. The molecule has 5 heteroatoms. The molecule has 0 bridgehead atoms. The van der Waals surface area contributed by atoms with Gasteiger partial charge in [-0.2, -0.15) is 0 Å². The summed E-state index contributed by atoms with van der Waals surface area (Å²) in [7, 11) is -3.23. The van der Waals surface area contributed by atoms with Gasteiger partial charge in [-0.1, -0.05) is 0 Å². The summed E-state index contributed by atoms with van der Waals surface area (Å²) in [5, 5.41) is 0. The summed E-state index contributed by atoms with van der Waals surface area (Å²) in [6, 6.07) is 0. The van der Waals surface area contributed by atoms with Crippen LogP contribution in [-0.4, -0.2) is 18.1 Å². The summed E-state index contributed by atoms with van der Waals surface area (Å²) in [6.45, 7) is 3.48. The average molecular weight is 176 g/mol. The molecule has 2 atom stereocenters. The van der Waals surface area contributed by atoms with Crippen LogP contribution < -0.4 is 0 Å². The van der Waals surface area contributed by atoms with Crippen molar-refractivity contribution in [2.45, 2.75) is 26.1 Å². The fourth-order valence-electron chi connectivity index (χ4n) is 0.785. The molecule has 1 aliphatic rings. The van der Waals surface area contributed by atoms with Gasteiger partial charge in [-0.05, 0) is 13.8 Å². The first-order chi connectivity index (χ1) is 5.07. The van der Waals surface area contributed by atoms with Gasteiger partial charge >= 0.3 is 7.60 Å². The van der Waals surface area contributed by atoms with E-state index in [1.807, 2.05) is 0 Å². The zero-order valence-corrected chi connectivity index (χ0v) is 7.21. The molecule has 1 aliphatic heterocycles. The average Bonchev–Trinajstić information content (AvgIpc) is 2.08. The van der Waals surface area contributed by atoms with E-state index in [-0.39, 0.29) is 12.2 Å². The summed E-state index contributed by atoms with van der Waals surface area (Å²) in [4.78, 5) is 9.87. The second-order valence-corrected chi connectivity index (χ2v) is 4.17. The molecule has 0 aromatic carbocycles. The quantitative estimate of drug-likeness (QED) is 0.447. The van der Waals surface area contributed by atoms with Crippen LogP contribution in [0.4, 0.5) is 0 Å². The lowest BCUT2D eigenvalue weighted by Crippen LogP contribution is -2.13. The molecule has 1 saturated heterocycles. The lowest BCUT2D eigenvalue weighted by molar-refractivity contribution is 0.187. The van der Waals surface area contributed by atoms with Crippen LogP contribution in [0.15, 0.2) is 5.82 Å². The number of hydrogen-bond donors (Lipinski definition) is 0. The standard InChI is InChI=1S/C6H9O4P/c1-5-6(2)10-11(8,9-5)4-3-7/h4-6H,1-2H3. The Balaban J connectivity index is 2.80. The Kier molecular flexibility index (Phi) is 2.31. The van der Waals surface area contributed by atoms with Gasteiger partial charge in [0.2, 0.25) is 0 Å². The van der Waals surface area contributed by atoms with E-state index in [0.29, 0.717) is 0 Å². The van der Waals surface area contributed by atoms with Gasteiger partial charge in [0.15, 0.2) is 0 Å². The van der Waals surface area contributed by atoms with Crippen molar-refractivity contribution in [2.24, 2.45) is 0 Å². The minimum absolute atomic E-state index is 0.231. The zero-order chi connectivity index (χ0) is 8.48. The summed E-state index contributed by atoms with van der Waals surface area (Å²) in [5.74, 6) is 2.22. The number of hydrogen-bond acceptors (Lipinski definition) is 4. The van der Waals surface area contributed by atoms with E-state index in [9.17, 15) is 9.36 Å². The van der Waals surface area contributed by atoms with Crippen molar-refractivity contribution in [3.8, 4) is 0 Å². The normalized spacial score (nSPS) is 43.5. The molecule has 4 nitrogen and oxygen atoms in total. The molecule has 1 rings (SSSR count). The molecule has 0 spiro atoms. The van der Waals surface area contributed by atoms with Crippen LogP contribution in [0.1, 0.15) is 13.8 Å². The summed E-state index contributed by atoms with van der Waals surface area (Å²) in [6.07, 6.45) is -0.462. The molecule has 0 aliphatic carbocycles. The minimum atomic E-state index is -3.23. The molecule has 0 amide bonds. The molecule has 1 heterocycles. The lowest BCUT2D eigenvalue weighted by atomic mass is 10.3. The molecule has 1 fully saturated rings. The molecular formula is C6H9O4P. The zero-order valence-electron chi connectivity index (χ0n) is 6.31.